The van der Waals surface area contributed by atoms with Gasteiger partial charge >= 0.3 is 0 Å². The number of hydrogen-bond donors (Lipinski definition) is 1. The molecule has 0 atom stereocenters. The van der Waals surface area contributed by atoms with Gasteiger partial charge in [-0.05, 0) is 54.3 Å². The zero-order valence-electron chi connectivity index (χ0n) is 15.9. The molecule has 1 N–H and O–H groups in total. The van der Waals surface area contributed by atoms with Crippen LogP contribution in [0, 0.1) is 0 Å². The van der Waals surface area contributed by atoms with Crippen LogP contribution in [0.5, 0.6) is 11.5 Å². The summed E-state index contributed by atoms with van der Waals surface area (Å²) in [5.41, 5.74) is 3.90. The largest absolute Gasteiger partial charge is 0.454 e. The van der Waals surface area contributed by atoms with Gasteiger partial charge in [0.25, 0.3) is 0 Å². The van der Waals surface area contributed by atoms with Gasteiger partial charge in [-0.1, -0.05) is 30.3 Å². The summed E-state index contributed by atoms with van der Waals surface area (Å²) in [5.74, 6) is 1.63. The SMILES string of the molecule is O=C(Cc1cccc(-c2cccc(CO)c2)n1)C1(c2ccc3c(c2)OCO3)CC1.[HH]. The van der Waals surface area contributed by atoms with Gasteiger partial charge in [0.1, 0.15) is 5.78 Å². The Morgan fingerprint density at radius 3 is 2.69 bits per heavy atom. The third kappa shape index (κ3) is 3.28. The molecule has 0 amide bonds. The van der Waals surface area contributed by atoms with Crippen LogP contribution in [-0.4, -0.2) is 22.7 Å². The fourth-order valence-electron chi connectivity index (χ4n) is 3.95. The van der Waals surface area contributed by atoms with Crippen molar-refractivity contribution in [3.05, 3.63) is 77.5 Å². The Morgan fingerprint density at radius 1 is 1.03 bits per heavy atom. The summed E-state index contributed by atoms with van der Waals surface area (Å²) in [6.07, 6.45) is 2.00. The Bertz CT molecular complexity index is 1090. The summed E-state index contributed by atoms with van der Waals surface area (Å²) < 4.78 is 10.9. The van der Waals surface area contributed by atoms with Crippen LogP contribution >= 0.6 is 0 Å². The quantitative estimate of drug-likeness (QED) is 0.689. The van der Waals surface area contributed by atoms with Crippen molar-refractivity contribution in [1.29, 1.82) is 0 Å². The molecule has 5 nitrogen and oxygen atoms in total. The lowest BCUT2D eigenvalue weighted by molar-refractivity contribution is -0.120. The Balaban J connectivity index is 0.00000218. The number of carbonyl (C=O) groups is 1. The average molecular weight is 389 g/mol. The van der Waals surface area contributed by atoms with E-state index in [0.717, 1.165) is 46.7 Å². The lowest BCUT2D eigenvalue weighted by Crippen LogP contribution is -2.23. The number of pyridine rings is 1. The van der Waals surface area contributed by atoms with Crippen molar-refractivity contribution < 1.29 is 20.8 Å². The molecule has 1 saturated carbocycles. The van der Waals surface area contributed by atoms with Gasteiger partial charge in [0.15, 0.2) is 11.5 Å². The van der Waals surface area contributed by atoms with Gasteiger partial charge in [-0.15, -0.1) is 0 Å². The van der Waals surface area contributed by atoms with Crippen LogP contribution < -0.4 is 9.47 Å². The molecule has 2 aliphatic rings. The number of nitrogens with zero attached hydrogens (tertiary/aromatic N) is 1. The van der Waals surface area contributed by atoms with Crippen molar-refractivity contribution in [2.45, 2.75) is 31.3 Å². The molecule has 29 heavy (non-hydrogen) atoms. The number of aromatic nitrogens is 1. The van der Waals surface area contributed by atoms with Crippen molar-refractivity contribution in [2.24, 2.45) is 0 Å². The zero-order chi connectivity index (χ0) is 19.8. The van der Waals surface area contributed by atoms with Gasteiger partial charge in [-0.25, -0.2) is 0 Å². The highest BCUT2D eigenvalue weighted by atomic mass is 16.7. The Morgan fingerprint density at radius 2 is 1.86 bits per heavy atom. The van der Waals surface area contributed by atoms with Crippen LogP contribution in [0.3, 0.4) is 0 Å². The molecule has 5 heteroatoms. The van der Waals surface area contributed by atoms with E-state index in [0.29, 0.717) is 12.2 Å². The lowest BCUT2D eigenvalue weighted by Gasteiger charge is -2.15. The number of carbonyl (C=O) groups excluding carboxylic acids is 1. The molecule has 3 aromatic rings. The van der Waals surface area contributed by atoms with E-state index in [9.17, 15) is 9.90 Å². The van der Waals surface area contributed by atoms with E-state index in [4.69, 9.17) is 14.5 Å². The molecule has 148 valence electrons. The van der Waals surface area contributed by atoms with E-state index in [-0.39, 0.29) is 20.6 Å². The number of aliphatic hydroxyl groups is 1. The van der Waals surface area contributed by atoms with Gasteiger partial charge in [-0.3, -0.25) is 9.78 Å². The molecule has 0 spiro atoms. The van der Waals surface area contributed by atoms with Gasteiger partial charge in [0.05, 0.1) is 17.7 Å². The number of aliphatic hydroxyl groups excluding tert-OH is 1. The lowest BCUT2D eigenvalue weighted by atomic mass is 9.88. The number of rotatable bonds is 6. The van der Waals surface area contributed by atoms with E-state index >= 15 is 0 Å². The van der Waals surface area contributed by atoms with Crippen LogP contribution in [0.15, 0.2) is 60.7 Å². The number of ketones is 1. The minimum Gasteiger partial charge on any atom is -0.454 e. The van der Waals surface area contributed by atoms with Gasteiger partial charge in [0, 0.05) is 19.1 Å². The van der Waals surface area contributed by atoms with Crippen molar-refractivity contribution in [3.8, 4) is 22.8 Å². The first-order valence-corrected chi connectivity index (χ1v) is 9.77. The molecule has 0 bridgehead atoms. The van der Waals surface area contributed by atoms with Crippen LogP contribution in [0.25, 0.3) is 11.3 Å². The van der Waals surface area contributed by atoms with Gasteiger partial charge in [0.2, 0.25) is 6.79 Å². The highest BCUT2D eigenvalue weighted by Gasteiger charge is 2.50. The number of Topliss-reactive ketones (excluding diaryl/α,β-unsaturated/α-hetero) is 1. The zero-order valence-corrected chi connectivity index (χ0v) is 15.9. The monoisotopic (exact) mass is 389 g/mol. The van der Waals surface area contributed by atoms with Crippen molar-refractivity contribution in [2.75, 3.05) is 6.79 Å². The predicted molar refractivity (Wildman–Crippen MR) is 110 cm³/mol. The fourth-order valence-corrected chi connectivity index (χ4v) is 3.95. The maximum absolute atomic E-state index is 13.2. The molecule has 2 heterocycles. The Hall–Kier alpha value is -3.18. The smallest absolute Gasteiger partial charge is 0.231 e. The van der Waals surface area contributed by atoms with Crippen molar-refractivity contribution in [1.82, 2.24) is 4.98 Å². The first-order chi connectivity index (χ1) is 14.2. The molecule has 5 rings (SSSR count). The molecule has 0 unspecified atom stereocenters. The second-order valence-corrected chi connectivity index (χ2v) is 7.62. The van der Waals surface area contributed by atoms with Crippen LogP contribution in [0.4, 0.5) is 0 Å². The topological polar surface area (TPSA) is 68.7 Å². The van der Waals surface area contributed by atoms with Crippen molar-refractivity contribution >= 4 is 5.78 Å². The Kier molecular flexibility index (Phi) is 4.32. The van der Waals surface area contributed by atoms with E-state index in [2.05, 4.69) is 0 Å². The molecular formula is C24H23NO4. The van der Waals surface area contributed by atoms with Crippen molar-refractivity contribution in [3.63, 3.8) is 0 Å². The summed E-state index contributed by atoms with van der Waals surface area (Å²) in [6.45, 7) is 0.220. The van der Waals surface area contributed by atoms with E-state index in [1.807, 2.05) is 60.7 Å². The predicted octanol–water partition coefficient (Wildman–Crippen LogP) is 4.06. The standard InChI is InChI=1S/C24H21NO4.H2/c26-14-16-3-1-4-17(11-16)20-6-2-5-19(25-20)13-23(27)24(9-10-24)18-7-8-21-22(12-18)29-15-28-21;/h1-8,11-12,26H,9-10,13-15H2;1H. The van der Waals surface area contributed by atoms with E-state index in [1.165, 1.54) is 0 Å². The van der Waals surface area contributed by atoms with E-state index in [1.54, 1.807) is 0 Å². The summed E-state index contributed by atoms with van der Waals surface area (Å²) in [5, 5.41) is 9.36. The van der Waals surface area contributed by atoms with Crippen LogP contribution in [0.2, 0.25) is 0 Å². The number of fused-ring (bicyclic) bond motifs is 1. The van der Waals surface area contributed by atoms with Gasteiger partial charge in [-0.2, -0.15) is 0 Å². The molecule has 0 radical (unpaired) electrons. The number of ether oxygens (including phenoxy) is 2. The summed E-state index contributed by atoms with van der Waals surface area (Å²) >= 11 is 0. The van der Waals surface area contributed by atoms with Gasteiger partial charge < -0.3 is 14.6 Å². The van der Waals surface area contributed by atoms with Crippen LogP contribution in [-0.2, 0) is 23.2 Å². The second-order valence-electron chi connectivity index (χ2n) is 7.62. The highest BCUT2D eigenvalue weighted by molar-refractivity contribution is 5.94. The maximum atomic E-state index is 13.2. The molecular weight excluding hydrogens is 366 g/mol. The first kappa shape index (κ1) is 17.9. The number of benzene rings is 2. The summed E-state index contributed by atoms with van der Waals surface area (Å²) in [4.78, 5) is 17.9. The third-order valence-electron chi connectivity index (χ3n) is 5.76. The summed E-state index contributed by atoms with van der Waals surface area (Å²) in [6, 6.07) is 19.2. The maximum Gasteiger partial charge on any atom is 0.231 e. The first-order valence-electron chi connectivity index (χ1n) is 9.77. The Labute approximate surface area is 170 Å². The highest BCUT2D eigenvalue weighted by Crippen LogP contribution is 2.51. The molecule has 2 aromatic carbocycles. The molecule has 1 aliphatic heterocycles. The normalized spacial score (nSPS) is 15.9. The molecule has 1 fully saturated rings. The second kappa shape index (κ2) is 7.01. The molecule has 1 aromatic heterocycles. The molecule has 0 saturated heterocycles. The fraction of sp³-hybridized carbons (Fsp3) is 0.250. The average Bonchev–Trinajstić information content (AvgIpc) is 3.45. The number of hydrogen-bond acceptors (Lipinski definition) is 5. The third-order valence-corrected chi connectivity index (χ3v) is 5.76. The minimum absolute atomic E-state index is 0. The molecule has 1 aliphatic carbocycles. The van der Waals surface area contributed by atoms with E-state index < -0.39 is 5.41 Å². The minimum atomic E-state index is -0.435. The van der Waals surface area contributed by atoms with Crippen LogP contribution in [0.1, 0.15) is 31.1 Å². The summed E-state index contributed by atoms with van der Waals surface area (Å²) in [7, 11) is 0.